The molecule has 6 nitrogen and oxygen atoms in total. The molecule has 1 unspecified atom stereocenters. The van der Waals surface area contributed by atoms with Gasteiger partial charge in [0.15, 0.2) is 0 Å². The average molecular weight is 263 g/mol. The molecule has 1 atom stereocenters. The summed E-state index contributed by atoms with van der Waals surface area (Å²) in [5.41, 5.74) is 5.72. The van der Waals surface area contributed by atoms with E-state index in [9.17, 15) is 17.1 Å². The van der Waals surface area contributed by atoms with E-state index in [1.165, 1.54) is 24.3 Å². The van der Waals surface area contributed by atoms with E-state index in [-0.39, 0.29) is 12.2 Å². The van der Waals surface area contributed by atoms with Crippen molar-refractivity contribution in [3.05, 3.63) is 29.8 Å². The summed E-state index contributed by atoms with van der Waals surface area (Å²) in [6.45, 7) is 0. The Hall–Kier alpha value is -1.67. The van der Waals surface area contributed by atoms with Gasteiger partial charge in [0.1, 0.15) is 11.8 Å². The molecule has 0 amide bonds. The highest BCUT2D eigenvalue weighted by Crippen LogP contribution is 2.16. The zero-order chi connectivity index (χ0) is 13.1. The number of carboxylic acid groups (broad SMARTS) is 1. The van der Waals surface area contributed by atoms with Gasteiger partial charge >= 0.3 is 16.5 Å². The van der Waals surface area contributed by atoms with E-state index in [4.69, 9.17) is 10.8 Å². The number of hydrogen-bond acceptors (Lipinski definition) is 5. The number of aliphatic carboxylic acids is 1. The van der Waals surface area contributed by atoms with Crippen LogP contribution in [0.3, 0.4) is 0 Å². The first-order valence-electron chi connectivity index (χ1n) is 4.49. The van der Waals surface area contributed by atoms with Gasteiger partial charge in [-0.15, -0.1) is 0 Å². The fourth-order valence-corrected chi connectivity index (χ4v) is 1.51. The first kappa shape index (κ1) is 13.4. The quantitative estimate of drug-likeness (QED) is 0.737. The van der Waals surface area contributed by atoms with Crippen molar-refractivity contribution < 1.29 is 26.4 Å². The number of nitrogens with two attached hydrogens (primary N) is 1. The van der Waals surface area contributed by atoms with Crippen LogP contribution < -0.4 is 9.92 Å². The first-order chi connectivity index (χ1) is 7.78. The van der Waals surface area contributed by atoms with Crippen LogP contribution in [0.4, 0.5) is 3.89 Å². The van der Waals surface area contributed by atoms with Crippen LogP contribution in [0, 0.1) is 0 Å². The number of rotatable bonds is 5. The monoisotopic (exact) mass is 263 g/mol. The molecule has 0 fully saturated rings. The van der Waals surface area contributed by atoms with Gasteiger partial charge < -0.3 is 15.0 Å². The standard InChI is InChI=1S/C9H10FNO5S/c10-17(14,15)16-7-3-1-2-6(4-7)5-8(11)9(12)13/h1-4,8H,5,11H2,(H,12,13). The molecule has 0 aliphatic heterocycles. The van der Waals surface area contributed by atoms with Crippen molar-refractivity contribution in [2.24, 2.45) is 5.73 Å². The largest absolute Gasteiger partial charge is 0.488 e. The minimum atomic E-state index is -5.09. The Kier molecular flexibility index (Phi) is 4.02. The zero-order valence-electron chi connectivity index (χ0n) is 8.54. The second kappa shape index (κ2) is 5.11. The Balaban J connectivity index is 2.83. The minimum Gasteiger partial charge on any atom is -0.480 e. The fourth-order valence-electron chi connectivity index (χ4n) is 1.18. The van der Waals surface area contributed by atoms with E-state index in [1.54, 1.807) is 0 Å². The van der Waals surface area contributed by atoms with E-state index in [2.05, 4.69) is 4.18 Å². The number of halogens is 1. The van der Waals surface area contributed by atoms with Crippen molar-refractivity contribution >= 4 is 16.5 Å². The van der Waals surface area contributed by atoms with Crippen molar-refractivity contribution in [2.75, 3.05) is 0 Å². The third-order valence-electron chi connectivity index (χ3n) is 1.87. The summed E-state index contributed by atoms with van der Waals surface area (Å²) in [5.74, 6) is -1.42. The lowest BCUT2D eigenvalue weighted by Crippen LogP contribution is -2.32. The maximum atomic E-state index is 12.2. The molecule has 94 valence electrons. The predicted octanol–water partition coefficient (Wildman–Crippen LogP) is 0.234. The second-order valence-corrected chi connectivity index (χ2v) is 4.23. The summed E-state index contributed by atoms with van der Waals surface area (Å²) >= 11 is 0. The van der Waals surface area contributed by atoms with Crippen LogP contribution in [0.25, 0.3) is 0 Å². The SMILES string of the molecule is NC(Cc1cccc(OS(=O)(=O)F)c1)C(=O)O. The summed E-state index contributed by atoms with van der Waals surface area (Å²) in [6, 6.07) is 4.25. The molecule has 0 radical (unpaired) electrons. The predicted molar refractivity (Wildman–Crippen MR) is 56.4 cm³/mol. The van der Waals surface area contributed by atoms with Gasteiger partial charge in [0.2, 0.25) is 0 Å². The molecule has 1 aromatic rings. The Bertz CT molecular complexity index is 516. The highest BCUT2D eigenvalue weighted by Gasteiger charge is 2.14. The highest BCUT2D eigenvalue weighted by atomic mass is 32.3. The molecule has 8 heteroatoms. The zero-order valence-corrected chi connectivity index (χ0v) is 9.35. The third-order valence-corrected chi connectivity index (χ3v) is 2.26. The Morgan fingerprint density at radius 1 is 1.53 bits per heavy atom. The van der Waals surface area contributed by atoms with Crippen LogP contribution in [0.1, 0.15) is 5.56 Å². The number of benzene rings is 1. The van der Waals surface area contributed by atoms with Crippen molar-refractivity contribution in [3.8, 4) is 5.75 Å². The van der Waals surface area contributed by atoms with Gasteiger partial charge in [-0.1, -0.05) is 16.0 Å². The molecule has 0 spiro atoms. The normalized spacial score (nSPS) is 13.1. The molecular weight excluding hydrogens is 253 g/mol. The number of hydrogen-bond donors (Lipinski definition) is 2. The lowest BCUT2D eigenvalue weighted by molar-refractivity contribution is -0.138. The molecule has 0 aromatic heterocycles. The first-order valence-corrected chi connectivity index (χ1v) is 5.80. The molecule has 0 aliphatic carbocycles. The Labute approximate surface area is 97.2 Å². The Morgan fingerprint density at radius 3 is 2.71 bits per heavy atom. The van der Waals surface area contributed by atoms with E-state index in [0.717, 1.165) is 0 Å². The average Bonchev–Trinajstić information content (AvgIpc) is 2.15. The van der Waals surface area contributed by atoms with E-state index in [1.807, 2.05) is 0 Å². The van der Waals surface area contributed by atoms with E-state index >= 15 is 0 Å². The molecule has 17 heavy (non-hydrogen) atoms. The smallest absolute Gasteiger partial charge is 0.480 e. The van der Waals surface area contributed by atoms with Crippen molar-refractivity contribution in [2.45, 2.75) is 12.5 Å². The van der Waals surface area contributed by atoms with Crippen molar-refractivity contribution in [3.63, 3.8) is 0 Å². The van der Waals surface area contributed by atoms with E-state index in [0.29, 0.717) is 5.56 Å². The van der Waals surface area contributed by atoms with Gasteiger partial charge in [-0.25, -0.2) is 0 Å². The van der Waals surface area contributed by atoms with E-state index < -0.39 is 22.5 Å². The van der Waals surface area contributed by atoms with Crippen LogP contribution in [0.15, 0.2) is 24.3 Å². The molecule has 0 heterocycles. The lowest BCUT2D eigenvalue weighted by atomic mass is 10.1. The maximum Gasteiger partial charge on any atom is 0.488 e. The van der Waals surface area contributed by atoms with Crippen LogP contribution in [0.2, 0.25) is 0 Å². The van der Waals surface area contributed by atoms with Gasteiger partial charge in [-0.3, -0.25) is 4.79 Å². The Morgan fingerprint density at radius 2 is 2.18 bits per heavy atom. The summed E-state index contributed by atoms with van der Waals surface area (Å²) in [6.07, 6.45) is -0.0150. The highest BCUT2D eigenvalue weighted by molar-refractivity contribution is 7.81. The van der Waals surface area contributed by atoms with Crippen LogP contribution in [0.5, 0.6) is 5.75 Å². The third kappa shape index (κ3) is 4.79. The minimum absolute atomic E-state index is 0.0150. The maximum absolute atomic E-state index is 12.2. The second-order valence-electron chi connectivity index (χ2n) is 3.27. The number of carboxylic acids is 1. The molecule has 0 saturated carbocycles. The summed E-state index contributed by atoms with van der Waals surface area (Å²) in [7, 11) is -5.09. The number of carbonyl (C=O) groups is 1. The molecule has 0 aliphatic rings. The van der Waals surface area contributed by atoms with Gasteiger partial charge in [-0.05, 0) is 24.1 Å². The fraction of sp³-hybridized carbons (Fsp3) is 0.222. The molecule has 0 saturated heterocycles. The van der Waals surface area contributed by atoms with Crippen LogP contribution >= 0.6 is 0 Å². The molecule has 0 bridgehead atoms. The lowest BCUT2D eigenvalue weighted by Gasteiger charge is -2.07. The van der Waals surface area contributed by atoms with Crippen LogP contribution in [-0.2, 0) is 21.7 Å². The summed E-state index contributed by atoms with van der Waals surface area (Å²) in [4.78, 5) is 10.5. The van der Waals surface area contributed by atoms with Gasteiger partial charge in [0.05, 0.1) is 0 Å². The topological polar surface area (TPSA) is 107 Å². The van der Waals surface area contributed by atoms with Crippen molar-refractivity contribution in [1.82, 2.24) is 0 Å². The molecular formula is C9H10FNO5S. The molecule has 3 N–H and O–H groups in total. The summed E-state index contributed by atoms with van der Waals surface area (Å²) < 4.78 is 36.7. The van der Waals surface area contributed by atoms with Gasteiger partial charge in [0, 0.05) is 0 Å². The van der Waals surface area contributed by atoms with Gasteiger partial charge in [0.25, 0.3) is 0 Å². The van der Waals surface area contributed by atoms with Crippen LogP contribution in [-0.4, -0.2) is 25.5 Å². The molecule has 1 aromatic carbocycles. The molecule has 1 rings (SSSR count). The van der Waals surface area contributed by atoms with Crippen molar-refractivity contribution in [1.29, 1.82) is 0 Å². The summed E-state index contributed by atoms with van der Waals surface area (Å²) in [5, 5.41) is 8.59. The van der Waals surface area contributed by atoms with Gasteiger partial charge in [-0.2, -0.15) is 8.42 Å².